The molecule has 90 valence electrons. The van der Waals surface area contributed by atoms with Gasteiger partial charge in [0.05, 0.1) is 6.10 Å². The Morgan fingerprint density at radius 2 is 1.87 bits per heavy atom. The third kappa shape index (κ3) is 4.09. The number of hydrogen-bond acceptors (Lipinski definition) is 3. The van der Waals surface area contributed by atoms with Gasteiger partial charge in [0, 0.05) is 6.92 Å². The van der Waals surface area contributed by atoms with Gasteiger partial charge in [0.15, 0.2) is 0 Å². The van der Waals surface area contributed by atoms with Crippen molar-refractivity contribution in [2.45, 2.75) is 59.0 Å². The van der Waals surface area contributed by atoms with E-state index in [0.717, 1.165) is 12.8 Å². The summed E-state index contributed by atoms with van der Waals surface area (Å²) in [4.78, 5) is 0. The molecule has 15 heavy (non-hydrogen) atoms. The summed E-state index contributed by atoms with van der Waals surface area (Å²) in [6.07, 6.45) is 3.25. The van der Waals surface area contributed by atoms with Gasteiger partial charge in [-0.25, -0.2) is 0 Å². The van der Waals surface area contributed by atoms with E-state index in [4.69, 9.17) is 4.74 Å². The van der Waals surface area contributed by atoms with Gasteiger partial charge in [-0.3, -0.25) is 0 Å². The van der Waals surface area contributed by atoms with Crippen LogP contribution >= 0.6 is 0 Å². The predicted molar refractivity (Wildman–Crippen MR) is 59.1 cm³/mol. The molecule has 0 saturated heterocycles. The van der Waals surface area contributed by atoms with Gasteiger partial charge in [0.1, 0.15) is 0 Å². The van der Waals surface area contributed by atoms with Crippen LogP contribution in [0.15, 0.2) is 0 Å². The first-order chi connectivity index (χ1) is 6.79. The van der Waals surface area contributed by atoms with Crippen LogP contribution in [0.5, 0.6) is 0 Å². The van der Waals surface area contributed by atoms with E-state index in [1.807, 2.05) is 0 Å². The second-order valence-electron chi connectivity index (χ2n) is 5.42. The van der Waals surface area contributed by atoms with Crippen LogP contribution in [0, 0.1) is 17.8 Å². The van der Waals surface area contributed by atoms with Crippen LogP contribution < -0.4 is 0 Å². The number of aliphatic hydroxyl groups is 2. The molecule has 3 unspecified atom stereocenters. The molecule has 3 atom stereocenters. The second-order valence-corrected chi connectivity index (χ2v) is 5.42. The van der Waals surface area contributed by atoms with E-state index >= 15 is 0 Å². The van der Waals surface area contributed by atoms with Crippen molar-refractivity contribution >= 4 is 0 Å². The third-order valence-electron chi connectivity index (χ3n) is 3.34. The van der Waals surface area contributed by atoms with Crippen molar-refractivity contribution in [2.24, 2.45) is 17.8 Å². The molecule has 1 aliphatic rings. The van der Waals surface area contributed by atoms with Gasteiger partial charge in [-0.05, 0) is 30.6 Å². The van der Waals surface area contributed by atoms with Crippen LogP contribution in [0.25, 0.3) is 0 Å². The highest BCUT2D eigenvalue weighted by Gasteiger charge is 2.35. The first kappa shape index (κ1) is 12.9. The second kappa shape index (κ2) is 4.81. The highest BCUT2D eigenvalue weighted by atomic mass is 16.8. The van der Waals surface area contributed by atoms with Crippen molar-refractivity contribution in [2.75, 3.05) is 0 Å². The van der Waals surface area contributed by atoms with E-state index in [1.165, 1.54) is 13.3 Å². The molecule has 1 saturated carbocycles. The summed E-state index contributed by atoms with van der Waals surface area (Å²) in [5.74, 6) is -0.397. The van der Waals surface area contributed by atoms with Crippen molar-refractivity contribution in [1.29, 1.82) is 0 Å². The molecule has 0 aromatic heterocycles. The van der Waals surface area contributed by atoms with Crippen LogP contribution in [0.3, 0.4) is 0 Å². The molecule has 0 amide bonds. The van der Waals surface area contributed by atoms with Gasteiger partial charge in [-0.2, -0.15) is 0 Å². The summed E-state index contributed by atoms with van der Waals surface area (Å²) in [6.45, 7) is 7.81. The van der Waals surface area contributed by atoms with Gasteiger partial charge in [0.2, 0.25) is 0 Å². The normalized spacial score (nSPS) is 33.4. The van der Waals surface area contributed by atoms with Gasteiger partial charge >= 0.3 is 0 Å². The third-order valence-corrected chi connectivity index (χ3v) is 3.34. The Labute approximate surface area is 92.4 Å². The lowest BCUT2D eigenvalue weighted by atomic mass is 9.75. The van der Waals surface area contributed by atoms with E-state index in [9.17, 15) is 10.2 Å². The highest BCUT2D eigenvalue weighted by molar-refractivity contribution is 4.81. The Morgan fingerprint density at radius 1 is 1.27 bits per heavy atom. The monoisotopic (exact) mass is 216 g/mol. The minimum absolute atomic E-state index is 0.0197. The lowest BCUT2D eigenvalue weighted by Crippen LogP contribution is -2.41. The smallest absolute Gasteiger partial charge is 0.275 e. The van der Waals surface area contributed by atoms with E-state index in [1.54, 1.807) is 0 Å². The predicted octanol–water partition coefficient (Wildman–Crippen LogP) is 2.12. The number of hydrogen-bond donors (Lipinski definition) is 2. The molecular weight excluding hydrogens is 192 g/mol. The molecule has 0 aromatic rings. The molecule has 0 bridgehead atoms. The summed E-state index contributed by atoms with van der Waals surface area (Å²) in [5, 5.41) is 18.6. The fraction of sp³-hybridized carbons (Fsp3) is 1.00. The zero-order chi connectivity index (χ0) is 11.6. The Balaban J connectivity index is 2.62. The van der Waals surface area contributed by atoms with Crippen LogP contribution in [0.2, 0.25) is 0 Å². The Bertz CT molecular complexity index is 196. The van der Waals surface area contributed by atoms with Crippen LogP contribution in [0.1, 0.15) is 47.0 Å². The fourth-order valence-corrected chi connectivity index (χ4v) is 2.54. The lowest BCUT2D eigenvalue weighted by Gasteiger charge is -2.39. The van der Waals surface area contributed by atoms with Crippen molar-refractivity contribution in [1.82, 2.24) is 0 Å². The molecule has 1 aliphatic carbocycles. The van der Waals surface area contributed by atoms with E-state index < -0.39 is 5.97 Å². The molecule has 2 N–H and O–H groups in total. The van der Waals surface area contributed by atoms with Gasteiger partial charge in [-0.1, -0.05) is 27.2 Å². The minimum atomic E-state index is -1.99. The molecule has 0 spiro atoms. The fourth-order valence-electron chi connectivity index (χ4n) is 2.54. The summed E-state index contributed by atoms with van der Waals surface area (Å²) in [7, 11) is 0. The maximum absolute atomic E-state index is 9.29. The summed E-state index contributed by atoms with van der Waals surface area (Å²) >= 11 is 0. The Hall–Kier alpha value is -0.120. The highest BCUT2D eigenvalue weighted by Crippen LogP contribution is 2.36. The Kier molecular flexibility index (Phi) is 4.15. The summed E-state index contributed by atoms with van der Waals surface area (Å²) < 4.78 is 5.33. The molecule has 0 aromatic carbocycles. The summed E-state index contributed by atoms with van der Waals surface area (Å²) in [5.41, 5.74) is 0. The van der Waals surface area contributed by atoms with E-state index in [-0.39, 0.29) is 6.10 Å². The average Bonchev–Trinajstić information content (AvgIpc) is 1.99. The van der Waals surface area contributed by atoms with Gasteiger partial charge < -0.3 is 14.9 Å². The zero-order valence-electron chi connectivity index (χ0n) is 10.2. The molecule has 3 heteroatoms. The largest absolute Gasteiger partial charge is 0.344 e. The maximum atomic E-state index is 9.29. The first-order valence-corrected chi connectivity index (χ1v) is 5.92. The topological polar surface area (TPSA) is 49.7 Å². The standard InChI is InChI=1S/C12H24O3/c1-8(2)10-6-5-9(3)7-11(10)15-12(4,13)14/h8-11,13-14H,5-7H2,1-4H3. The van der Waals surface area contributed by atoms with Crippen LogP contribution in [-0.4, -0.2) is 22.3 Å². The zero-order valence-corrected chi connectivity index (χ0v) is 10.2. The number of rotatable bonds is 3. The first-order valence-electron chi connectivity index (χ1n) is 5.92. The van der Waals surface area contributed by atoms with E-state index in [2.05, 4.69) is 20.8 Å². The average molecular weight is 216 g/mol. The van der Waals surface area contributed by atoms with Gasteiger partial charge in [-0.15, -0.1) is 0 Å². The maximum Gasteiger partial charge on any atom is 0.275 e. The quantitative estimate of drug-likeness (QED) is 0.710. The molecule has 0 radical (unpaired) electrons. The Morgan fingerprint density at radius 3 is 2.33 bits per heavy atom. The van der Waals surface area contributed by atoms with Crippen molar-refractivity contribution < 1.29 is 14.9 Å². The van der Waals surface area contributed by atoms with Crippen molar-refractivity contribution in [3.8, 4) is 0 Å². The molecule has 1 fully saturated rings. The molecule has 0 aliphatic heterocycles. The van der Waals surface area contributed by atoms with Crippen molar-refractivity contribution in [3.05, 3.63) is 0 Å². The minimum Gasteiger partial charge on any atom is -0.344 e. The molecule has 1 rings (SSSR count). The molecular formula is C12H24O3. The van der Waals surface area contributed by atoms with E-state index in [0.29, 0.717) is 17.8 Å². The van der Waals surface area contributed by atoms with Gasteiger partial charge in [0.25, 0.3) is 5.97 Å². The SMILES string of the molecule is CC1CCC(C(C)C)C(OC(C)(O)O)C1. The molecule has 0 heterocycles. The summed E-state index contributed by atoms with van der Waals surface area (Å²) in [6, 6.07) is 0. The lowest BCUT2D eigenvalue weighted by molar-refractivity contribution is -0.352. The molecule has 3 nitrogen and oxygen atoms in total. The van der Waals surface area contributed by atoms with Crippen molar-refractivity contribution in [3.63, 3.8) is 0 Å². The van der Waals surface area contributed by atoms with Crippen LogP contribution in [0.4, 0.5) is 0 Å². The number of ether oxygens (including phenoxy) is 1. The van der Waals surface area contributed by atoms with Crippen LogP contribution in [-0.2, 0) is 4.74 Å².